The number of carbonyl (C=O) groups excluding carboxylic acids is 1. The van der Waals surface area contributed by atoms with Crippen LogP contribution in [0.5, 0.6) is 17.2 Å². The molecule has 0 saturated heterocycles. The molecule has 2 aromatic carbocycles. The summed E-state index contributed by atoms with van der Waals surface area (Å²) in [6, 6.07) is 12.4. The Balaban J connectivity index is 2.03. The quantitative estimate of drug-likeness (QED) is 0.454. The zero-order valence-corrected chi connectivity index (χ0v) is 12.1. The minimum Gasteiger partial charge on any atom is -0.504 e. The van der Waals surface area contributed by atoms with Crippen LogP contribution >= 0.6 is 0 Å². The summed E-state index contributed by atoms with van der Waals surface area (Å²) in [5, 5.41) is 10.1. The first kappa shape index (κ1) is 14.6. The maximum absolute atomic E-state index is 12.1. The second-order valence-corrected chi connectivity index (χ2v) is 4.71. The van der Waals surface area contributed by atoms with Crippen LogP contribution in [0.15, 0.2) is 57.7 Å². The van der Waals surface area contributed by atoms with Crippen molar-refractivity contribution in [3.8, 4) is 17.2 Å². The molecule has 0 bridgehead atoms. The number of esters is 1. The van der Waals surface area contributed by atoms with Crippen LogP contribution < -0.4 is 15.1 Å². The largest absolute Gasteiger partial charge is 0.504 e. The highest BCUT2D eigenvalue weighted by atomic mass is 16.5. The van der Waals surface area contributed by atoms with Crippen LogP contribution in [0.2, 0.25) is 0 Å². The van der Waals surface area contributed by atoms with Gasteiger partial charge in [0, 0.05) is 11.5 Å². The summed E-state index contributed by atoms with van der Waals surface area (Å²) >= 11 is 0. The van der Waals surface area contributed by atoms with Crippen molar-refractivity contribution in [2.45, 2.75) is 0 Å². The summed E-state index contributed by atoms with van der Waals surface area (Å²) in [5.74, 6) is -0.462. The Morgan fingerprint density at radius 2 is 1.87 bits per heavy atom. The van der Waals surface area contributed by atoms with Gasteiger partial charge < -0.3 is 19.0 Å². The number of hydrogen-bond acceptors (Lipinski definition) is 6. The molecule has 0 fully saturated rings. The predicted octanol–water partition coefficient (Wildman–Crippen LogP) is 2.73. The first-order valence-electron chi connectivity index (χ1n) is 6.70. The first-order chi connectivity index (χ1) is 11.1. The number of fused-ring (bicyclic) bond motifs is 1. The fraction of sp³-hybridized carbons (Fsp3) is 0.0588. The minimum atomic E-state index is -0.844. The summed E-state index contributed by atoms with van der Waals surface area (Å²) in [4.78, 5) is 24.1. The molecule has 0 spiro atoms. The molecule has 0 aliphatic carbocycles. The van der Waals surface area contributed by atoms with E-state index in [-0.39, 0.29) is 22.6 Å². The highest BCUT2D eigenvalue weighted by Crippen LogP contribution is 2.30. The van der Waals surface area contributed by atoms with Gasteiger partial charge in [-0.1, -0.05) is 18.2 Å². The van der Waals surface area contributed by atoms with Crippen LogP contribution in [0.1, 0.15) is 10.4 Å². The lowest BCUT2D eigenvalue weighted by atomic mass is 10.1. The summed E-state index contributed by atoms with van der Waals surface area (Å²) in [5.41, 5.74) is -0.943. The Morgan fingerprint density at radius 1 is 1.13 bits per heavy atom. The maximum Gasteiger partial charge on any atom is 0.351 e. The number of phenols is 1. The van der Waals surface area contributed by atoms with E-state index in [2.05, 4.69) is 0 Å². The second-order valence-electron chi connectivity index (χ2n) is 4.71. The third kappa shape index (κ3) is 2.87. The summed E-state index contributed by atoms with van der Waals surface area (Å²) < 4.78 is 15.2. The van der Waals surface area contributed by atoms with E-state index >= 15 is 0 Å². The van der Waals surface area contributed by atoms with Gasteiger partial charge in [-0.05, 0) is 24.3 Å². The molecule has 1 aromatic heterocycles. The normalized spacial score (nSPS) is 10.5. The van der Waals surface area contributed by atoms with Gasteiger partial charge in [0.1, 0.15) is 16.9 Å². The standard InChI is InChI=1S/C17H12O6/c1-21-15-8-10-7-12(17(20)23-14(10)9-13(15)18)16(19)22-11-5-3-2-4-6-11/h2-9,18H,1H3. The van der Waals surface area contributed by atoms with E-state index in [0.717, 1.165) is 0 Å². The van der Waals surface area contributed by atoms with Crippen molar-refractivity contribution in [2.24, 2.45) is 0 Å². The van der Waals surface area contributed by atoms with Gasteiger partial charge in [-0.25, -0.2) is 9.59 Å². The highest BCUT2D eigenvalue weighted by Gasteiger charge is 2.17. The van der Waals surface area contributed by atoms with Gasteiger partial charge in [0.15, 0.2) is 11.5 Å². The minimum absolute atomic E-state index is 0.143. The van der Waals surface area contributed by atoms with Gasteiger partial charge in [0.2, 0.25) is 0 Å². The Bertz CT molecular complexity index is 927. The molecule has 116 valence electrons. The molecule has 3 aromatic rings. The summed E-state index contributed by atoms with van der Waals surface area (Å²) in [6.45, 7) is 0. The number of aromatic hydroxyl groups is 1. The Morgan fingerprint density at radius 3 is 2.57 bits per heavy atom. The van der Waals surface area contributed by atoms with Gasteiger partial charge in [-0.2, -0.15) is 0 Å². The maximum atomic E-state index is 12.1. The Kier molecular flexibility index (Phi) is 3.72. The molecular weight excluding hydrogens is 300 g/mol. The van der Waals surface area contributed by atoms with Crippen molar-refractivity contribution < 1.29 is 23.8 Å². The van der Waals surface area contributed by atoms with Gasteiger partial charge in [-0.15, -0.1) is 0 Å². The molecular formula is C17H12O6. The van der Waals surface area contributed by atoms with Gasteiger partial charge >= 0.3 is 11.6 Å². The predicted molar refractivity (Wildman–Crippen MR) is 82.1 cm³/mol. The van der Waals surface area contributed by atoms with Crippen LogP contribution in [-0.2, 0) is 0 Å². The van der Waals surface area contributed by atoms with Gasteiger partial charge in [-0.3, -0.25) is 0 Å². The molecule has 0 unspecified atom stereocenters. The highest BCUT2D eigenvalue weighted by molar-refractivity contribution is 5.94. The van der Waals surface area contributed by atoms with Gasteiger partial charge in [0.25, 0.3) is 0 Å². The third-order valence-electron chi connectivity index (χ3n) is 3.21. The molecule has 0 amide bonds. The summed E-state index contributed by atoms with van der Waals surface area (Å²) in [6.07, 6.45) is 0. The number of hydrogen-bond donors (Lipinski definition) is 1. The molecule has 0 aliphatic rings. The topological polar surface area (TPSA) is 86.0 Å². The molecule has 23 heavy (non-hydrogen) atoms. The zero-order valence-electron chi connectivity index (χ0n) is 12.1. The number of methoxy groups -OCH3 is 1. The van der Waals surface area contributed by atoms with Crippen LogP contribution in [-0.4, -0.2) is 18.2 Å². The molecule has 1 heterocycles. The second kappa shape index (κ2) is 5.84. The number of rotatable bonds is 3. The van der Waals surface area contributed by atoms with E-state index in [1.54, 1.807) is 30.3 Å². The van der Waals surface area contributed by atoms with Crippen LogP contribution in [0, 0.1) is 0 Å². The lowest BCUT2D eigenvalue weighted by Gasteiger charge is -2.06. The van der Waals surface area contributed by atoms with E-state index < -0.39 is 11.6 Å². The Hall–Kier alpha value is -3.28. The smallest absolute Gasteiger partial charge is 0.351 e. The molecule has 3 rings (SSSR count). The molecule has 0 atom stereocenters. The SMILES string of the molecule is COc1cc2cc(C(=O)Oc3ccccc3)c(=O)oc2cc1O. The number of ether oxygens (including phenoxy) is 2. The molecule has 0 aliphatic heterocycles. The molecule has 6 nitrogen and oxygen atoms in total. The zero-order chi connectivity index (χ0) is 16.4. The van der Waals surface area contributed by atoms with Crippen molar-refractivity contribution >= 4 is 16.9 Å². The van der Waals surface area contributed by atoms with Crippen LogP contribution in [0.25, 0.3) is 11.0 Å². The van der Waals surface area contributed by atoms with E-state index in [4.69, 9.17) is 13.9 Å². The number of benzene rings is 2. The van der Waals surface area contributed by atoms with E-state index in [1.807, 2.05) is 0 Å². The molecule has 1 N–H and O–H groups in total. The number of phenolic OH excluding ortho intramolecular Hbond substituents is 1. The lowest BCUT2D eigenvalue weighted by molar-refractivity contribution is 0.0730. The van der Waals surface area contributed by atoms with Gasteiger partial charge in [0.05, 0.1) is 7.11 Å². The van der Waals surface area contributed by atoms with Crippen molar-refractivity contribution in [3.05, 3.63) is 64.5 Å². The number of para-hydroxylation sites is 1. The van der Waals surface area contributed by atoms with Crippen molar-refractivity contribution in [2.75, 3.05) is 7.11 Å². The fourth-order valence-electron chi connectivity index (χ4n) is 2.09. The average Bonchev–Trinajstić information content (AvgIpc) is 2.54. The summed E-state index contributed by atoms with van der Waals surface area (Å²) in [7, 11) is 1.39. The van der Waals surface area contributed by atoms with E-state index in [0.29, 0.717) is 11.1 Å². The van der Waals surface area contributed by atoms with E-state index in [1.165, 1.54) is 25.3 Å². The monoisotopic (exact) mass is 312 g/mol. The van der Waals surface area contributed by atoms with Crippen molar-refractivity contribution in [1.82, 2.24) is 0 Å². The third-order valence-corrected chi connectivity index (χ3v) is 3.21. The average molecular weight is 312 g/mol. The molecule has 0 radical (unpaired) electrons. The lowest BCUT2D eigenvalue weighted by Crippen LogP contribution is -2.18. The van der Waals surface area contributed by atoms with Crippen molar-refractivity contribution in [1.29, 1.82) is 0 Å². The van der Waals surface area contributed by atoms with Crippen LogP contribution in [0.4, 0.5) is 0 Å². The molecule has 6 heteroatoms. The number of carbonyl (C=O) groups is 1. The Labute approximate surface area is 130 Å². The van der Waals surface area contributed by atoms with Crippen molar-refractivity contribution in [3.63, 3.8) is 0 Å². The molecule has 0 saturated carbocycles. The fourth-order valence-corrected chi connectivity index (χ4v) is 2.09. The van der Waals surface area contributed by atoms with Crippen LogP contribution in [0.3, 0.4) is 0 Å². The first-order valence-corrected chi connectivity index (χ1v) is 6.70. The van der Waals surface area contributed by atoms with E-state index in [9.17, 15) is 14.7 Å².